The molecule has 1 N–H and O–H groups in total. The molecule has 5 nitrogen and oxygen atoms in total. The van der Waals surface area contributed by atoms with Gasteiger partial charge in [-0.05, 0) is 39.0 Å². The quantitative estimate of drug-likeness (QED) is 0.929. The van der Waals surface area contributed by atoms with E-state index in [0.717, 1.165) is 43.0 Å². The number of hydrogen-bond donors (Lipinski definition) is 1. The monoisotopic (exact) mass is 271 g/mol. The molecule has 0 unspecified atom stereocenters. The van der Waals surface area contributed by atoms with Crippen molar-refractivity contribution < 1.29 is 0 Å². The molecule has 1 aliphatic carbocycles. The van der Waals surface area contributed by atoms with Gasteiger partial charge in [0.05, 0.1) is 5.69 Å². The lowest BCUT2D eigenvalue weighted by atomic mass is 10.0. The van der Waals surface area contributed by atoms with E-state index in [1.165, 1.54) is 24.2 Å². The van der Waals surface area contributed by atoms with Crippen molar-refractivity contribution in [1.82, 2.24) is 19.5 Å². The molecule has 0 fully saturated rings. The average Bonchev–Trinajstić information content (AvgIpc) is 2.90. The van der Waals surface area contributed by atoms with Crippen LogP contribution in [0.5, 0.6) is 0 Å². The molecule has 2 heterocycles. The Balaban J connectivity index is 2.00. The zero-order valence-corrected chi connectivity index (χ0v) is 12.2. The largest absolute Gasteiger partial charge is 0.370 e. The van der Waals surface area contributed by atoms with Gasteiger partial charge in [-0.3, -0.25) is 4.57 Å². The van der Waals surface area contributed by atoms with Gasteiger partial charge in [0, 0.05) is 17.8 Å². The van der Waals surface area contributed by atoms with E-state index in [0.29, 0.717) is 0 Å². The number of aromatic nitrogens is 4. The van der Waals surface area contributed by atoms with Crippen LogP contribution in [0.25, 0.3) is 5.82 Å². The van der Waals surface area contributed by atoms with Gasteiger partial charge in [0.1, 0.15) is 24.3 Å². The molecule has 3 rings (SSSR count). The summed E-state index contributed by atoms with van der Waals surface area (Å²) in [5.41, 5.74) is 3.64. The molecule has 0 saturated carbocycles. The molecule has 2 aromatic rings. The molecule has 0 bridgehead atoms. The van der Waals surface area contributed by atoms with E-state index < -0.39 is 0 Å². The molecule has 0 saturated heterocycles. The molecule has 20 heavy (non-hydrogen) atoms. The highest BCUT2D eigenvalue weighted by Crippen LogP contribution is 2.25. The van der Waals surface area contributed by atoms with Crippen LogP contribution in [0.4, 0.5) is 5.82 Å². The molecule has 0 radical (unpaired) electrons. The van der Waals surface area contributed by atoms with Gasteiger partial charge in [0.2, 0.25) is 0 Å². The SMILES string of the molecule is CCCNc1ncnc(-n2cnc3c2CCCC3)c1C. The van der Waals surface area contributed by atoms with Gasteiger partial charge >= 0.3 is 0 Å². The van der Waals surface area contributed by atoms with Crippen molar-refractivity contribution in [3.8, 4) is 5.82 Å². The minimum atomic E-state index is 0.926. The molecule has 0 spiro atoms. The van der Waals surface area contributed by atoms with Crippen molar-refractivity contribution in [3.05, 3.63) is 29.6 Å². The maximum Gasteiger partial charge on any atom is 0.146 e. The number of aryl methyl sites for hydroxylation is 1. The van der Waals surface area contributed by atoms with E-state index >= 15 is 0 Å². The normalized spacial score (nSPS) is 14.1. The zero-order chi connectivity index (χ0) is 13.9. The van der Waals surface area contributed by atoms with Gasteiger partial charge in [0.15, 0.2) is 0 Å². The summed E-state index contributed by atoms with van der Waals surface area (Å²) < 4.78 is 2.14. The molecule has 5 heteroatoms. The molecule has 0 aromatic carbocycles. The fraction of sp³-hybridized carbons (Fsp3) is 0.533. The fourth-order valence-electron chi connectivity index (χ4n) is 2.76. The second kappa shape index (κ2) is 5.61. The Hall–Kier alpha value is -1.91. The minimum Gasteiger partial charge on any atom is -0.370 e. The van der Waals surface area contributed by atoms with E-state index in [2.05, 4.69) is 38.7 Å². The summed E-state index contributed by atoms with van der Waals surface area (Å²) in [6.45, 7) is 5.15. The third-order valence-corrected chi connectivity index (χ3v) is 3.86. The Morgan fingerprint density at radius 3 is 2.90 bits per heavy atom. The minimum absolute atomic E-state index is 0.926. The van der Waals surface area contributed by atoms with Crippen LogP contribution in [0, 0.1) is 6.92 Å². The van der Waals surface area contributed by atoms with E-state index in [1.54, 1.807) is 6.33 Å². The third kappa shape index (κ3) is 2.28. The Labute approximate surface area is 119 Å². The lowest BCUT2D eigenvalue weighted by Gasteiger charge is -2.16. The fourth-order valence-corrected chi connectivity index (χ4v) is 2.76. The highest BCUT2D eigenvalue weighted by atomic mass is 15.1. The highest BCUT2D eigenvalue weighted by Gasteiger charge is 2.18. The first-order chi connectivity index (χ1) is 9.81. The standard InChI is InChI=1S/C15H21N5/c1-3-8-16-14-11(2)15(18-9-17-14)20-10-19-12-6-4-5-7-13(12)20/h9-10H,3-8H2,1-2H3,(H,16,17,18). The zero-order valence-electron chi connectivity index (χ0n) is 12.2. The maximum atomic E-state index is 4.55. The van der Waals surface area contributed by atoms with Crippen molar-refractivity contribution in [1.29, 1.82) is 0 Å². The topological polar surface area (TPSA) is 55.6 Å². The first-order valence-corrected chi connectivity index (χ1v) is 7.42. The molecule has 1 aliphatic rings. The first-order valence-electron chi connectivity index (χ1n) is 7.42. The van der Waals surface area contributed by atoms with Gasteiger partial charge in [-0.1, -0.05) is 6.92 Å². The predicted molar refractivity (Wildman–Crippen MR) is 79.3 cm³/mol. The van der Waals surface area contributed by atoms with Crippen molar-refractivity contribution in [2.45, 2.75) is 46.0 Å². The second-order valence-corrected chi connectivity index (χ2v) is 5.31. The lowest BCUT2D eigenvalue weighted by Crippen LogP contribution is -2.11. The number of imidazole rings is 1. The number of hydrogen-bond acceptors (Lipinski definition) is 4. The third-order valence-electron chi connectivity index (χ3n) is 3.86. The van der Waals surface area contributed by atoms with E-state index in [1.807, 2.05) is 6.33 Å². The Morgan fingerprint density at radius 2 is 2.05 bits per heavy atom. The van der Waals surface area contributed by atoms with Crippen molar-refractivity contribution in [2.75, 3.05) is 11.9 Å². The van der Waals surface area contributed by atoms with Gasteiger partial charge < -0.3 is 5.32 Å². The highest BCUT2D eigenvalue weighted by molar-refractivity contribution is 5.51. The first kappa shape index (κ1) is 13.1. The average molecular weight is 271 g/mol. The number of nitrogens with one attached hydrogen (secondary N) is 1. The van der Waals surface area contributed by atoms with Gasteiger partial charge in [-0.25, -0.2) is 15.0 Å². The number of fused-ring (bicyclic) bond motifs is 1. The summed E-state index contributed by atoms with van der Waals surface area (Å²) in [6.07, 6.45) is 9.30. The number of rotatable bonds is 4. The number of nitrogens with zero attached hydrogens (tertiary/aromatic N) is 4. The van der Waals surface area contributed by atoms with Crippen LogP contribution in [0.1, 0.15) is 43.1 Å². The molecule has 2 aromatic heterocycles. The van der Waals surface area contributed by atoms with Crippen LogP contribution in [0.15, 0.2) is 12.7 Å². The van der Waals surface area contributed by atoms with Crippen molar-refractivity contribution >= 4 is 5.82 Å². The van der Waals surface area contributed by atoms with Gasteiger partial charge in [-0.2, -0.15) is 0 Å². The van der Waals surface area contributed by atoms with Crippen molar-refractivity contribution in [2.24, 2.45) is 0 Å². The van der Waals surface area contributed by atoms with E-state index in [-0.39, 0.29) is 0 Å². The summed E-state index contributed by atoms with van der Waals surface area (Å²) >= 11 is 0. The number of anilines is 1. The van der Waals surface area contributed by atoms with Crippen LogP contribution in [-0.4, -0.2) is 26.1 Å². The Morgan fingerprint density at radius 1 is 1.20 bits per heavy atom. The maximum absolute atomic E-state index is 4.55. The summed E-state index contributed by atoms with van der Waals surface area (Å²) in [7, 11) is 0. The second-order valence-electron chi connectivity index (χ2n) is 5.31. The van der Waals surface area contributed by atoms with E-state index in [9.17, 15) is 0 Å². The Bertz CT molecular complexity index is 602. The smallest absolute Gasteiger partial charge is 0.146 e. The van der Waals surface area contributed by atoms with Crippen LogP contribution in [-0.2, 0) is 12.8 Å². The molecular weight excluding hydrogens is 250 g/mol. The lowest BCUT2D eigenvalue weighted by molar-refractivity contribution is 0.653. The van der Waals surface area contributed by atoms with Crippen LogP contribution in [0.2, 0.25) is 0 Å². The molecule has 106 valence electrons. The summed E-state index contributed by atoms with van der Waals surface area (Å²) in [5.74, 6) is 1.88. The summed E-state index contributed by atoms with van der Waals surface area (Å²) in [5, 5.41) is 3.36. The van der Waals surface area contributed by atoms with Gasteiger partial charge in [-0.15, -0.1) is 0 Å². The molecule has 0 amide bonds. The summed E-state index contributed by atoms with van der Waals surface area (Å²) in [6, 6.07) is 0. The van der Waals surface area contributed by atoms with Crippen LogP contribution < -0.4 is 5.32 Å². The van der Waals surface area contributed by atoms with Crippen LogP contribution in [0.3, 0.4) is 0 Å². The Kier molecular flexibility index (Phi) is 3.67. The van der Waals surface area contributed by atoms with Crippen molar-refractivity contribution in [3.63, 3.8) is 0 Å². The molecule has 0 aliphatic heterocycles. The predicted octanol–water partition coefficient (Wildman–Crippen LogP) is 2.67. The molecular formula is C15H21N5. The van der Waals surface area contributed by atoms with Gasteiger partial charge in [0.25, 0.3) is 0 Å². The van der Waals surface area contributed by atoms with Crippen LogP contribution >= 0.6 is 0 Å². The molecule has 0 atom stereocenters. The summed E-state index contributed by atoms with van der Waals surface area (Å²) in [4.78, 5) is 13.4. The van der Waals surface area contributed by atoms with E-state index in [4.69, 9.17) is 0 Å².